The van der Waals surface area contributed by atoms with E-state index in [0.717, 1.165) is 28.1 Å². The van der Waals surface area contributed by atoms with Crippen LogP contribution < -0.4 is 20.7 Å². The molecular weight excluding hydrogens is 668 g/mol. The summed E-state index contributed by atoms with van der Waals surface area (Å²) in [4.78, 5) is 51.2. The fourth-order valence-electron chi connectivity index (χ4n) is 7.18. The molecule has 1 aromatic heterocycles. The van der Waals surface area contributed by atoms with Gasteiger partial charge in [-0.1, -0.05) is 93.1 Å². The molecule has 11 nitrogen and oxygen atoms in total. The topological polar surface area (TPSA) is 149 Å². The number of nitrogens with one attached hydrogen (secondary N) is 4. The van der Waals surface area contributed by atoms with Crippen LogP contribution in [0.4, 0.5) is 0 Å². The van der Waals surface area contributed by atoms with E-state index in [1.807, 2.05) is 98.8 Å². The van der Waals surface area contributed by atoms with Crippen molar-refractivity contribution < 1.29 is 24.2 Å². The number of aliphatic hydroxyl groups is 1. The van der Waals surface area contributed by atoms with Crippen molar-refractivity contribution in [3.8, 4) is 5.75 Å². The number of hydrogen-bond acceptors (Lipinski definition) is 7. The first kappa shape index (κ1) is 39.2. The second-order valence-electron chi connectivity index (χ2n) is 14.0. The molecule has 3 aromatic carbocycles. The standard InChI is InChI=1S/C42H54N6O5/c1-4-30(2)42(47-39(50)21-19-34-27-44-29-45-34)22-23-48(41(42)52)37(20-18-31-12-7-5-8-13-31)40(51)46-36(25-32-14-9-6-10-15-32)38(49)28-43-26-33-16-11-17-35(24-33)53-3/h5-17,24,27,29-30,36-38,43,49H,4,18-23,25-26,28H2,1-3H3,(H,44,45)(H,46,51)(H,47,50)/t30?,36-,37-,38+,42-/m0/s1. The van der Waals surface area contributed by atoms with Crippen molar-refractivity contribution >= 4 is 17.7 Å². The number of carbonyl (C=O) groups excluding carboxylic acids is 3. The Balaban J connectivity index is 1.35. The summed E-state index contributed by atoms with van der Waals surface area (Å²) in [7, 11) is 1.63. The van der Waals surface area contributed by atoms with Gasteiger partial charge in [0.2, 0.25) is 17.7 Å². The molecule has 0 aliphatic carbocycles. The van der Waals surface area contributed by atoms with Crippen molar-refractivity contribution in [1.82, 2.24) is 30.8 Å². The Morgan fingerprint density at radius 1 is 1.00 bits per heavy atom. The predicted molar refractivity (Wildman–Crippen MR) is 205 cm³/mol. The molecule has 282 valence electrons. The van der Waals surface area contributed by atoms with Gasteiger partial charge in [-0.3, -0.25) is 14.4 Å². The molecule has 4 aromatic rings. The van der Waals surface area contributed by atoms with Gasteiger partial charge >= 0.3 is 0 Å². The SMILES string of the molecule is CCC(C)[C@@]1(NC(=O)CCc2cnc[nH]2)CCN([C@@H](CCc2ccccc2)C(=O)N[C@@H](Cc2ccccc2)[C@H](O)CNCc2cccc(OC)c2)C1=O. The number of imidazole rings is 1. The summed E-state index contributed by atoms with van der Waals surface area (Å²) in [5.74, 6) is -0.184. The summed E-state index contributed by atoms with van der Waals surface area (Å²) in [6.45, 7) is 5.06. The van der Waals surface area contributed by atoms with Crippen LogP contribution >= 0.6 is 0 Å². The van der Waals surface area contributed by atoms with Crippen molar-refractivity contribution in [1.29, 1.82) is 0 Å². The second-order valence-corrected chi connectivity index (χ2v) is 14.0. The Morgan fingerprint density at radius 2 is 1.72 bits per heavy atom. The number of ether oxygens (including phenoxy) is 1. The minimum atomic E-state index is -1.13. The van der Waals surface area contributed by atoms with Crippen LogP contribution in [0.15, 0.2) is 97.5 Å². The summed E-state index contributed by atoms with van der Waals surface area (Å²) >= 11 is 0. The molecule has 5 atom stereocenters. The van der Waals surface area contributed by atoms with Gasteiger partial charge in [0.25, 0.3) is 0 Å². The van der Waals surface area contributed by atoms with Crippen molar-refractivity contribution in [2.45, 2.75) is 89.1 Å². The summed E-state index contributed by atoms with van der Waals surface area (Å²) in [6, 6.07) is 25.9. The Bertz CT molecular complexity index is 1740. The Hall–Kier alpha value is -5.00. The number of hydrogen-bond donors (Lipinski definition) is 5. The molecule has 53 heavy (non-hydrogen) atoms. The fraction of sp³-hybridized carbons (Fsp3) is 0.429. The number of rotatable bonds is 20. The molecule has 3 amide bonds. The monoisotopic (exact) mass is 722 g/mol. The lowest BCUT2D eigenvalue weighted by atomic mass is 9.81. The van der Waals surface area contributed by atoms with Crippen LogP contribution in [0, 0.1) is 5.92 Å². The summed E-state index contributed by atoms with van der Waals surface area (Å²) in [6.07, 6.45) is 5.45. The lowest BCUT2D eigenvalue weighted by molar-refractivity contribution is -0.144. The van der Waals surface area contributed by atoms with Crippen molar-refractivity contribution in [3.05, 3.63) is 120 Å². The summed E-state index contributed by atoms with van der Waals surface area (Å²) < 4.78 is 5.35. The summed E-state index contributed by atoms with van der Waals surface area (Å²) in [5.41, 5.74) is 2.75. The Labute approximate surface area is 312 Å². The van der Waals surface area contributed by atoms with E-state index in [0.29, 0.717) is 51.6 Å². The van der Waals surface area contributed by atoms with Crippen molar-refractivity contribution in [3.63, 3.8) is 0 Å². The van der Waals surface area contributed by atoms with E-state index in [4.69, 9.17) is 4.74 Å². The quantitative estimate of drug-likeness (QED) is 0.0911. The van der Waals surface area contributed by atoms with E-state index < -0.39 is 23.7 Å². The molecule has 1 aliphatic heterocycles. The third-order valence-electron chi connectivity index (χ3n) is 10.5. The molecule has 0 saturated carbocycles. The van der Waals surface area contributed by atoms with E-state index in [9.17, 15) is 19.5 Å². The number of aliphatic hydroxyl groups excluding tert-OH is 1. The second kappa shape index (κ2) is 19.2. The normalized spacial score (nSPS) is 17.9. The van der Waals surface area contributed by atoms with E-state index >= 15 is 0 Å². The van der Waals surface area contributed by atoms with Gasteiger partial charge in [-0.2, -0.15) is 0 Å². The van der Waals surface area contributed by atoms with Gasteiger partial charge in [-0.05, 0) is 66.8 Å². The molecule has 1 saturated heterocycles. The van der Waals surface area contributed by atoms with E-state index in [2.05, 4.69) is 25.9 Å². The molecule has 0 spiro atoms. The highest BCUT2D eigenvalue weighted by atomic mass is 16.5. The van der Waals surface area contributed by atoms with Gasteiger partial charge < -0.3 is 35.7 Å². The van der Waals surface area contributed by atoms with Crippen LogP contribution in [0.1, 0.15) is 61.9 Å². The number of carbonyl (C=O) groups is 3. The first-order valence-electron chi connectivity index (χ1n) is 18.7. The molecule has 0 bridgehead atoms. The van der Waals surface area contributed by atoms with Gasteiger partial charge in [0.05, 0.1) is 25.6 Å². The van der Waals surface area contributed by atoms with Gasteiger partial charge in [0.1, 0.15) is 17.3 Å². The average molecular weight is 723 g/mol. The molecule has 11 heteroatoms. The van der Waals surface area contributed by atoms with Gasteiger partial charge in [0, 0.05) is 37.9 Å². The summed E-state index contributed by atoms with van der Waals surface area (Å²) in [5, 5.41) is 21.2. The maximum Gasteiger partial charge on any atom is 0.249 e. The first-order valence-corrected chi connectivity index (χ1v) is 18.7. The van der Waals surface area contributed by atoms with Crippen LogP contribution in [-0.4, -0.2) is 81.6 Å². The smallest absolute Gasteiger partial charge is 0.249 e. The number of aryl methyl sites for hydroxylation is 2. The largest absolute Gasteiger partial charge is 0.497 e. The Morgan fingerprint density at radius 3 is 2.40 bits per heavy atom. The lowest BCUT2D eigenvalue weighted by Gasteiger charge is -2.36. The molecule has 1 fully saturated rings. The van der Waals surface area contributed by atoms with Gasteiger partial charge in [-0.25, -0.2) is 4.98 Å². The number of aromatic amines is 1. The maximum absolute atomic E-state index is 14.6. The van der Waals surface area contributed by atoms with Crippen molar-refractivity contribution in [2.24, 2.45) is 5.92 Å². The zero-order chi connectivity index (χ0) is 37.6. The number of aromatic nitrogens is 2. The van der Waals surface area contributed by atoms with Crippen LogP contribution in [0.3, 0.4) is 0 Å². The first-order chi connectivity index (χ1) is 25.7. The zero-order valence-electron chi connectivity index (χ0n) is 31.1. The minimum absolute atomic E-state index is 0.155. The maximum atomic E-state index is 14.6. The highest BCUT2D eigenvalue weighted by molar-refractivity contribution is 5.97. The molecule has 2 heterocycles. The van der Waals surface area contributed by atoms with Gasteiger partial charge in [-0.15, -0.1) is 0 Å². The minimum Gasteiger partial charge on any atom is -0.497 e. The van der Waals surface area contributed by atoms with Gasteiger partial charge in [0.15, 0.2) is 0 Å². The Kier molecular flexibility index (Phi) is 14.2. The molecule has 5 rings (SSSR count). The third kappa shape index (κ3) is 10.5. The highest BCUT2D eigenvalue weighted by Gasteiger charge is 2.53. The molecule has 1 unspecified atom stereocenters. The third-order valence-corrected chi connectivity index (χ3v) is 10.5. The fourth-order valence-corrected chi connectivity index (χ4v) is 7.18. The van der Waals surface area contributed by atoms with Crippen molar-refractivity contribution in [2.75, 3.05) is 20.2 Å². The number of methoxy groups -OCH3 is 1. The number of likely N-dealkylation sites (tertiary alicyclic amines) is 1. The van der Waals surface area contributed by atoms with E-state index in [-0.39, 0.29) is 36.6 Å². The van der Waals surface area contributed by atoms with Crippen LogP contribution in [-0.2, 0) is 40.2 Å². The van der Waals surface area contributed by atoms with Crippen LogP contribution in [0.25, 0.3) is 0 Å². The van der Waals surface area contributed by atoms with Crippen LogP contribution in [0.5, 0.6) is 5.75 Å². The number of nitrogens with zero attached hydrogens (tertiary/aromatic N) is 2. The van der Waals surface area contributed by atoms with E-state index in [1.54, 1.807) is 24.5 Å². The molecular formula is C42H54N6O5. The average Bonchev–Trinajstić information content (AvgIpc) is 3.82. The predicted octanol–water partition coefficient (Wildman–Crippen LogP) is 4.36. The van der Waals surface area contributed by atoms with Crippen LogP contribution in [0.2, 0.25) is 0 Å². The zero-order valence-corrected chi connectivity index (χ0v) is 31.1. The number of benzene rings is 3. The molecule has 0 radical (unpaired) electrons. The van der Waals surface area contributed by atoms with E-state index in [1.165, 1.54) is 0 Å². The highest BCUT2D eigenvalue weighted by Crippen LogP contribution is 2.35. The number of amides is 3. The lowest BCUT2D eigenvalue weighted by Crippen LogP contribution is -2.61. The number of H-pyrrole nitrogens is 1. The molecule has 5 N–H and O–H groups in total. The molecule has 1 aliphatic rings.